The van der Waals surface area contributed by atoms with Gasteiger partial charge < -0.3 is 20.4 Å². The molecule has 0 fully saturated rings. The first kappa shape index (κ1) is 20.4. The van der Waals surface area contributed by atoms with E-state index < -0.39 is 5.41 Å². The first-order valence-corrected chi connectivity index (χ1v) is 10.0. The third-order valence-corrected chi connectivity index (χ3v) is 5.80. The van der Waals surface area contributed by atoms with E-state index in [1.807, 2.05) is 38.1 Å². The molecule has 0 aliphatic carbocycles. The minimum absolute atomic E-state index is 0.154. The van der Waals surface area contributed by atoms with Gasteiger partial charge in [-0.05, 0) is 58.7 Å². The van der Waals surface area contributed by atoms with Gasteiger partial charge in [-0.3, -0.25) is 0 Å². The van der Waals surface area contributed by atoms with Crippen LogP contribution in [-0.4, -0.2) is 20.4 Å². The smallest absolute Gasteiger partial charge is 0.123 e. The normalized spacial score (nSPS) is 11.4. The molecule has 4 nitrogen and oxygen atoms in total. The average molecular weight is 412 g/mol. The first-order chi connectivity index (χ1) is 14.8. The van der Waals surface area contributed by atoms with Gasteiger partial charge in [-0.15, -0.1) is 0 Å². The van der Waals surface area contributed by atoms with E-state index in [0.717, 1.165) is 22.3 Å². The first-order valence-electron chi connectivity index (χ1n) is 10.0. The van der Waals surface area contributed by atoms with Crippen LogP contribution in [0.1, 0.15) is 25.0 Å². The van der Waals surface area contributed by atoms with Crippen LogP contribution < -0.4 is 0 Å². The third-order valence-electron chi connectivity index (χ3n) is 5.80. The lowest BCUT2D eigenvalue weighted by atomic mass is 9.77. The molecule has 4 aromatic carbocycles. The Morgan fingerprint density at radius 2 is 0.839 bits per heavy atom. The van der Waals surface area contributed by atoms with Gasteiger partial charge in [0, 0.05) is 16.5 Å². The highest BCUT2D eigenvalue weighted by atomic mass is 16.3. The van der Waals surface area contributed by atoms with E-state index in [1.165, 1.54) is 0 Å². The maximum Gasteiger partial charge on any atom is 0.123 e. The van der Waals surface area contributed by atoms with Crippen LogP contribution in [0, 0.1) is 0 Å². The Labute approximate surface area is 181 Å². The lowest BCUT2D eigenvalue weighted by Gasteiger charge is -2.27. The molecule has 0 spiro atoms. The molecule has 156 valence electrons. The standard InChI is InChI=1S/C27H24O4/c1-27(2,19-7-13-23(25(30)15-19)17-3-9-21(28)10-4-17)20-8-14-24(26(31)16-20)18-5-11-22(29)12-6-18/h3-16,28-31H,1-2H3. The molecule has 0 aliphatic rings. The monoisotopic (exact) mass is 412 g/mol. The zero-order valence-corrected chi connectivity index (χ0v) is 17.4. The summed E-state index contributed by atoms with van der Waals surface area (Å²) in [5.74, 6) is 0.663. The summed E-state index contributed by atoms with van der Waals surface area (Å²) < 4.78 is 0. The summed E-state index contributed by atoms with van der Waals surface area (Å²) in [6.07, 6.45) is 0. The quantitative estimate of drug-likeness (QED) is 0.323. The molecule has 4 N–H and O–H groups in total. The molecule has 0 atom stereocenters. The fourth-order valence-corrected chi connectivity index (χ4v) is 3.78. The van der Waals surface area contributed by atoms with Gasteiger partial charge in [0.1, 0.15) is 23.0 Å². The van der Waals surface area contributed by atoms with Crippen molar-refractivity contribution in [3.05, 3.63) is 96.1 Å². The predicted octanol–water partition coefficient (Wildman–Crippen LogP) is 6.17. The predicted molar refractivity (Wildman–Crippen MR) is 123 cm³/mol. The maximum atomic E-state index is 10.7. The number of rotatable bonds is 4. The Hall–Kier alpha value is -3.92. The molecule has 0 bridgehead atoms. The topological polar surface area (TPSA) is 80.9 Å². The largest absolute Gasteiger partial charge is 0.508 e. The minimum atomic E-state index is -0.462. The number of aromatic hydroxyl groups is 4. The molecule has 0 saturated heterocycles. The van der Waals surface area contributed by atoms with Gasteiger partial charge in [-0.1, -0.05) is 62.4 Å². The van der Waals surface area contributed by atoms with Gasteiger partial charge in [-0.25, -0.2) is 0 Å². The highest BCUT2D eigenvalue weighted by Gasteiger charge is 2.25. The second-order valence-corrected chi connectivity index (χ2v) is 8.18. The Bertz CT molecular complexity index is 1130. The molecule has 4 rings (SSSR count). The summed E-state index contributed by atoms with van der Waals surface area (Å²) in [5.41, 5.74) is 4.35. The van der Waals surface area contributed by atoms with Crippen LogP contribution in [0.25, 0.3) is 22.3 Å². The summed E-state index contributed by atoms with van der Waals surface area (Å²) in [6, 6.07) is 24.5. The van der Waals surface area contributed by atoms with Crippen LogP contribution in [0.4, 0.5) is 0 Å². The summed E-state index contributed by atoms with van der Waals surface area (Å²) in [7, 11) is 0. The Morgan fingerprint density at radius 1 is 0.484 bits per heavy atom. The maximum absolute atomic E-state index is 10.7. The van der Waals surface area contributed by atoms with Crippen LogP contribution in [0.3, 0.4) is 0 Å². The van der Waals surface area contributed by atoms with Gasteiger partial charge in [-0.2, -0.15) is 0 Å². The Kier molecular flexibility index (Phi) is 5.07. The van der Waals surface area contributed by atoms with E-state index in [4.69, 9.17) is 0 Å². The molecule has 0 aromatic heterocycles. The molecular formula is C27H24O4. The van der Waals surface area contributed by atoms with Crippen molar-refractivity contribution in [3.63, 3.8) is 0 Å². The molecular weight excluding hydrogens is 388 g/mol. The number of hydrogen-bond donors (Lipinski definition) is 4. The lowest BCUT2D eigenvalue weighted by Crippen LogP contribution is -2.18. The van der Waals surface area contributed by atoms with Crippen molar-refractivity contribution in [2.75, 3.05) is 0 Å². The number of phenols is 4. The van der Waals surface area contributed by atoms with E-state index in [1.54, 1.807) is 60.7 Å². The van der Waals surface area contributed by atoms with Crippen molar-refractivity contribution >= 4 is 0 Å². The molecule has 4 heteroatoms. The molecule has 0 saturated carbocycles. The van der Waals surface area contributed by atoms with E-state index in [2.05, 4.69) is 0 Å². The van der Waals surface area contributed by atoms with Crippen LogP contribution in [0.2, 0.25) is 0 Å². The highest BCUT2D eigenvalue weighted by Crippen LogP contribution is 2.40. The highest BCUT2D eigenvalue weighted by molar-refractivity contribution is 5.73. The summed E-state index contributed by atoms with van der Waals surface area (Å²) in [5, 5.41) is 40.3. The fourth-order valence-electron chi connectivity index (χ4n) is 3.78. The van der Waals surface area contributed by atoms with Crippen LogP contribution in [-0.2, 0) is 5.41 Å². The third kappa shape index (κ3) is 3.92. The minimum Gasteiger partial charge on any atom is -0.508 e. The fraction of sp³-hybridized carbons (Fsp3) is 0.111. The van der Waals surface area contributed by atoms with Crippen molar-refractivity contribution in [1.29, 1.82) is 0 Å². The second-order valence-electron chi connectivity index (χ2n) is 8.18. The molecule has 4 aromatic rings. The van der Waals surface area contributed by atoms with Crippen LogP contribution >= 0.6 is 0 Å². The van der Waals surface area contributed by atoms with E-state index in [0.29, 0.717) is 11.1 Å². The van der Waals surface area contributed by atoms with Crippen molar-refractivity contribution in [2.45, 2.75) is 19.3 Å². The van der Waals surface area contributed by atoms with Gasteiger partial charge in [0.2, 0.25) is 0 Å². The zero-order chi connectivity index (χ0) is 22.2. The molecule has 0 unspecified atom stereocenters. The summed E-state index contributed by atoms with van der Waals surface area (Å²) in [4.78, 5) is 0. The molecule has 0 heterocycles. The van der Waals surface area contributed by atoms with Crippen molar-refractivity contribution in [1.82, 2.24) is 0 Å². The Balaban J connectivity index is 1.68. The average Bonchev–Trinajstić information content (AvgIpc) is 2.75. The SMILES string of the molecule is CC(C)(c1ccc(-c2ccc(O)cc2)c(O)c1)c1ccc(-c2ccc(O)cc2)c(O)c1. The van der Waals surface area contributed by atoms with Crippen molar-refractivity contribution in [3.8, 4) is 45.3 Å². The Morgan fingerprint density at radius 3 is 1.16 bits per heavy atom. The molecule has 0 amide bonds. The molecule has 0 aliphatic heterocycles. The number of hydrogen-bond acceptors (Lipinski definition) is 4. The van der Waals surface area contributed by atoms with Gasteiger partial charge >= 0.3 is 0 Å². The van der Waals surface area contributed by atoms with Crippen LogP contribution in [0.15, 0.2) is 84.9 Å². The number of benzene rings is 4. The van der Waals surface area contributed by atoms with E-state index in [-0.39, 0.29) is 23.0 Å². The van der Waals surface area contributed by atoms with Crippen LogP contribution in [0.5, 0.6) is 23.0 Å². The van der Waals surface area contributed by atoms with Crippen molar-refractivity contribution in [2.24, 2.45) is 0 Å². The van der Waals surface area contributed by atoms with Gasteiger partial charge in [0.25, 0.3) is 0 Å². The van der Waals surface area contributed by atoms with Gasteiger partial charge in [0.15, 0.2) is 0 Å². The lowest BCUT2D eigenvalue weighted by molar-refractivity contribution is 0.470. The number of phenolic OH excluding ortho intramolecular Hbond substituents is 4. The molecule has 31 heavy (non-hydrogen) atoms. The molecule has 0 radical (unpaired) electrons. The van der Waals surface area contributed by atoms with Crippen molar-refractivity contribution < 1.29 is 20.4 Å². The van der Waals surface area contributed by atoms with Gasteiger partial charge in [0.05, 0.1) is 0 Å². The summed E-state index contributed by atoms with van der Waals surface area (Å²) in [6.45, 7) is 4.08. The summed E-state index contributed by atoms with van der Waals surface area (Å²) >= 11 is 0. The van der Waals surface area contributed by atoms with E-state index in [9.17, 15) is 20.4 Å². The zero-order valence-electron chi connectivity index (χ0n) is 17.4. The second kappa shape index (κ2) is 7.73. The van der Waals surface area contributed by atoms with E-state index >= 15 is 0 Å².